The number of nitriles is 1. The maximum atomic E-state index is 12.5. The van der Waals surface area contributed by atoms with Crippen molar-refractivity contribution < 1.29 is 22.5 Å². The zero-order chi connectivity index (χ0) is 16.5. The van der Waals surface area contributed by atoms with Gasteiger partial charge in [0.15, 0.2) is 11.5 Å². The van der Waals surface area contributed by atoms with Crippen LogP contribution in [0.5, 0.6) is 0 Å². The third-order valence-electron chi connectivity index (χ3n) is 2.60. The van der Waals surface area contributed by atoms with Gasteiger partial charge in [0.05, 0.1) is 10.6 Å². The highest BCUT2D eigenvalue weighted by molar-refractivity contribution is 6.33. The van der Waals surface area contributed by atoms with Crippen molar-refractivity contribution in [3.8, 4) is 6.07 Å². The maximum absolute atomic E-state index is 12.5. The average molecular weight is 331 g/mol. The van der Waals surface area contributed by atoms with Crippen molar-refractivity contribution in [3.05, 3.63) is 39.9 Å². The summed E-state index contributed by atoms with van der Waals surface area (Å²) in [7, 11) is 0. The maximum Gasteiger partial charge on any atom is 0.417 e. The van der Waals surface area contributed by atoms with Crippen LogP contribution in [0.4, 0.5) is 19.0 Å². The number of pyridine rings is 1. The van der Waals surface area contributed by atoms with Gasteiger partial charge in [0, 0.05) is 6.20 Å². The first-order chi connectivity index (χ1) is 10.2. The van der Waals surface area contributed by atoms with Gasteiger partial charge < -0.3 is 9.84 Å². The highest BCUT2D eigenvalue weighted by Gasteiger charge is 2.32. The standard InChI is InChI=1S/C12H6ClF3N4O2/c1-5-9(8(3-17)20-22-5)11(21)19-10-7(13)2-6(4-18-10)12(14,15)16/h2,4H,1H3,(H,18,19,21). The van der Waals surface area contributed by atoms with Gasteiger partial charge in [-0.05, 0) is 13.0 Å². The molecule has 10 heteroatoms. The Bertz CT molecular complexity index is 780. The number of aromatic nitrogens is 2. The number of rotatable bonds is 2. The summed E-state index contributed by atoms with van der Waals surface area (Å²) >= 11 is 5.67. The molecule has 1 amide bonds. The van der Waals surface area contributed by atoms with E-state index < -0.39 is 22.7 Å². The smallest absolute Gasteiger partial charge is 0.359 e. The van der Waals surface area contributed by atoms with Crippen LogP contribution in [0.1, 0.15) is 27.4 Å². The quantitative estimate of drug-likeness (QED) is 0.913. The van der Waals surface area contributed by atoms with E-state index in [1.807, 2.05) is 0 Å². The Kier molecular flexibility index (Phi) is 4.05. The topological polar surface area (TPSA) is 91.8 Å². The van der Waals surface area contributed by atoms with E-state index in [1.165, 1.54) is 6.92 Å². The molecule has 0 fully saturated rings. The number of carbonyl (C=O) groups is 1. The summed E-state index contributed by atoms with van der Waals surface area (Å²) in [5.41, 5.74) is -1.44. The van der Waals surface area contributed by atoms with Crippen LogP contribution in [0.25, 0.3) is 0 Å². The molecule has 114 valence electrons. The zero-order valence-electron chi connectivity index (χ0n) is 10.8. The molecule has 0 aliphatic heterocycles. The van der Waals surface area contributed by atoms with Gasteiger partial charge in [-0.1, -0.05) is 16.8 Å². The minimum atomic E-state index is -4.60. The van der Waals surface area contributed by atoms with Gasteiger partial charge in [-0.2, -0.15) is 18.4 Å². The van der Waals surface area contributed by atoms with Crippen LogP contribution in [0, 0.1) is 18.3 Å². The molecule has 6 nitrogen and oxygen atoms in total. The fourth-order valence-corrected chi connectivity index (χ4v) is 1.78. The second-order valence-corrected chi connectivity index (χ2v) is 4.49. The molecule has 0 atom stereocenters. The minimum Gasteiger partial charge on any atom is -0.359 e. The summed E-state index contributed by atoms with van der Waals surface area (Å²) in [5, 5.41) is 14.0. The van der Waals surface area contributed by atoms with Crippen LogP contribution in [0.15, 0.2) is 16.8 Å². The third-order valence-corrected chi connectivity index (χ3v) is 2.88. The van der Waals surface area contributed by atoms with Gasteiger partial charge in [0.1, 0.15) is 17.4 Å². The summed E-state index contributed by atoms with van der Waals surface area (Å²) in [4.78, 5) is 15.5. The van der Waals surface area contributed by atoms with Crippen molar-refractivity contribution >= 4 is 23.3 Å². The molecule has 0 unspecified atom stereocenters. The number of aryl methyl sites for hydroxylation is 1. The fourth-order valence-electron chi connectivity index (χ4n) is 1.57. The van der Waals surface area contributed by atoms with E-state index >= 15 is 0 Å². The highest BCUT2D eigenvalue weighted by Crippen LogP contribution is 2.32. The van der Waals surface area contributed by atoms with Crippen molar-refractivity contribution in [1.82, 2.24) is 10.1 Å². The number of halogens is 4. The van der Waals surface area contributed by atoms with Crippen LogP contribution in [0.3, 0.4) is 0 Å². The van der Waals surface area contributed by atoms with Crippen LogP contribution in [0.2, 0.25) is 5.02 Å². The molecule has 0 spiro atoms. The lowest BCUT2D eigenvalue weighted by atomic mass is 10.2. The molecule has 2 heterocycles. The number of nitrogens with zero attached hydrogens (tertiary/aromatic N) is 3. The number of hydrogen-bond acceptors (Lipinski definition) is 5. The average Bonchev–Trinajstić information content (AvgIpc) is 2.81. The number of hydrogen-bond donors (Lipinski definition) is 1. The number of anilines is 1. The molecule has 0 saturated carbocycles. The molecule has 0 bridgehead atoms. The minimum absolute atomic E-state index is 0.0806. The van der Waals surface area contributed by atoms with Gasteiger partial charge in [-0.25, -0.2) is 4.98 Å². The van der Waals surface area contributed by atoms with E-state index in [2.05, 4.69) is 15.5 Å². The molecule has 0 aromatic carbocycles. The summed E-state index contributed by atoms with van der Waals surface area (Å²) in [5.74, 6) is -1.01. The number of carbonyl (C=O) groups excluding carboxylic acids is 1. The van der Waals surface area contributed by atoms with Crippen LogP contribution in [-0.4, -0.2) is 16.0 Å². The third kappa shape index (κ3) is 3.01. The first-order valence-electron chi connectivity index (χ1n) is 5.64. The fraction of sp³-hybridized carbons (Fsp3) is 0.167. The Morgan fingerprint density at radius 2 is 2.18 bits per heavy atom. The lowest BCUT2D eigenvalue weighted by molar-refractivity contribution is -0.137. The largest absolute Gasteiger partial charge is 0.417 e. The molecular weight excluding hydrogens is 325 g/mol. The second-order valence-electron chi connectivity index (χ2n) is 4.08. The summed E-state index contributed by atoms with van der Waals surface area (Å²) in [6, 6.07) is 2.29. The second kappa shape index (κ2) is 5.65. The van der Waals surface area contributed by atoms with Crippen molar-refractivity contribution in [2.24, 2.45) is 0 Å². The SMILES string of the molecule is Cc1onc(C#N)c1C(=O)Nc1ncc(C(F)(F)F)cc1Cl. The predicted octanol–water partition coefficient (Wildman–Crippen LogP) is 3.17. The van der Waals surface area contributed by atoms with E-state index in [1.54, 1.807) is 6.07 Å². The van der Waals surface area contributed by atoms with Gasteiger partial charge in [0.25, 0.3) is 5.91 Å². The van der Waals surface area contributed by atoms with E-state index in [0.29, 0.717) is 12.3 Å². The Morgan fingerprint density at radius 1 is 1.50 bits per heavy atom. The number of alkyl halides is 3. The van der Waals surface area contributed by atoms with Crippen molar-refractivity contribution in [1.29, 1.82) is 5.26 Å². The van der Waals surface area contributed by atoms with Crippen molar-refractivity contribution in [3.63, 3.8) is 0 Å². The first kappa shape index (κ1) is 15.8. The summed E-state index contributed by atoms with van der Waals surface area (Å²) in [6.07, 6.45) is -4.06. The highest BCUT2D eigenvalue weighted by atomic mass is 35.5. The Hall–Kier alpha value is -2.60. The Balaban J connectivity index is 2.30. The van der Waals surface area contributed by atoms with E-state index in [0.717, 1.165) is 0 Å². The molecule has 2 rings (SSSR count). The van der Waals surface area contributed by atoms with E-state index in [-0.39, 0.29) is 22.8 Å². The molecule has 1 N–H and O–H groups in total. The molecule has 2 aromatic rings. The van der Waals surface area contributed by atoms with E-state index in [9.17, 15) is 18.0 Å². The molecule has 2 aromatic heterocycles. The zero-order valence-corrected chi connectivity index (χ0v) is 11.6. The van der Waals surface area contributed by atoms with Crippen LogP contribution >= 0.6 is 11.6 Å². The monoisotopic (exact) mass is 330 g/mol. The Morgan fingerprint density at radius 3 is 2.73 bits per heavy atom. The van der Waals surface area contributed by atoms with Gasteiger partial charge >= 0.3 is 6.18 Å². The molecule has 0 radical (unpaired) electrons. The lowest BCUT2D eigenvalue weighted by Crippen LogP contribution is -2.16. The number of nitrogens with one attached hydrogen (secondary N) is 1. The summed E-state index contributed by atoms with van der Waals surface area (Å²) < 4.78 is 42.2. The normalized spacial score (nSPS) is 11.1. The van der Waals surface area contributed by atoms with Gasteiger partial charge in [0.2, 0.25) is 0 Å². The van der Waals surface area contributed by atoms with Gasteiger partial charge in [-0.3, -0.25) is 4.79 Å². The lowest BCUT2D eigenvalue weighted by Gasteiger charge is -2.09. The summed E-state index contributed by atoms with van der Waals surface area (Å²) in [6.45, 7) is 1.41. The molecule has 22 heavy (non-hydrogen) atoms. The van der Waals surface area contributed by atoms with Gasteiger partial charge in [-0.15, -0.1) is 0 Å². The van der Waals surface area contributed by atoms with Crippen LogP contribution in [-0.2, 0) is 6.18 Å². The molecular formula is C12H6ClF3N4O2. The van der Waals surface area contributed by atoms with E-state index in [4.69, 9.17) is 21.4 Å². The molecule has 0 aliphatic carbocycles. The van der Waals surface area contributed by atoms with Crippen molar-refractivity contribution in [2.75, 3.05) is 5.32 Å². The molecule has 0 saturated heterocycles. The first-order valence-corrected chi connectivity index (χ1v) is 6.02. The van der Waals surface area contributed by atoms with Crippen LogP contribution < -0.4 is 5.32 Å². The Labute approximate surface area is 126 Å². The molecule has 0 aliphatic rings. The number of amides is 1. The van der Waals surface area contributed by atoms with Crippen molar-refractivity contribution in [2.45, 2.75) is 13.1 Å². The predicted molar refractivity (Wildman–Crippen MR) is 68.2 cm³/mol.